The number of nitrogens with zero attached hydrogens (tertiary/aromatic N) is 1. The van der Waals surface area contributed by atoms with Gasteiger partial charge in [0.2, 0.25) is 11.8 Å². The Morgan fingerprint density at radius 2 is 1.80 bits per heavy atom. The molecule has 1 saturated heterocycles. The Hall–Kier alpha value is -3.51. The molecule has 2 aliphatic heterocycles. The van der Waals surface area contributed by atoms with Crippen molar-refractivity contribution in [3.8, 4) is 6.07 Å². The van der Waals surface area contributed by atoms with Crippen LogP contribution in [0, 0.1) is 28.4 Å². The van der Waals surface area contributed by atoms with Crippen LogP contribution >= 0.6 is 23.2 Å². The van der Waals surface area contributed by atoms with Crippen LogP contribution in [-0.2, 0) is 15.0 Å². The van der Waals surface area contributed by atoms with Crippen LogP contribution in [0.25, 0.3) is 0 Å². The molecule has 3 aromatic rings. The number of benzene rings is 3. The average molecular weight is 583 g/mol. The fraction of sp³-hybridized carbons (Fsp3) is 0.300. The average Bonchev–Trinajstić information content (AvgIpc) is 3.36. The Kier molecular flexibility index (Phi) is 7.11. The summed E-state index contributed by atoms with van der Waals surface area (Å²) in [4.78, 5) is 28.0. The Labute approximate surface area is 240 Å². The van der Waals surface area contributed by atoms with E-state index >= 15 is 4.39 Å². The van der Waals surface area contributed by atoms with Crippen LogP contribution in [0.1, 0.15) is 49.8 Å². The van der Waals surface area contributed by atoms with Crippen LogP contribution in [0.3, 0.4) is 0 Å². The highest BCUT2D eigenvalue weighted by atomic mass is 35.5. The number of hydrogen-bond acceptors (Lipinski definition) is 4. The highest BCUT2D eigenvalue weighted by molar-refractivity contribution is 6.31. The lowest BCUT2D eigenvalue weighted by atomic mass is 9.62. The minimum absolute atomic E-state index is 0.0507. The van der Waals surface area contributed by atoms with Gasteiger partial charge in [-0.2, -0.15) is 5.26 Å². The molecule has 0 aliphatic carbocycles. The Morgan fingerprint density at radius 3 is 2.45 bits per heavy atom. The molecular formula is C30H26Cl2F2N4O2. The molecule has 10 heteroatoms. The van der Waals surface area contributed by atoms with E-state index in [1.54, 1.807) is 30.3 Å². The van der Waals surface area contributed by atoms with Crippen molar-refractivity contribution in [1.82, 2.24) is 5.32 Å². The summed E-state index contributed by atoms with van der Waals surface area (Å²) in [6, 6.07) is 13.4. The van der Waals surface area contributed by atoms with Crippen molar-refractivity contribution in [2.24, 2.45) is 5.41 Å². The van der Waals surface area contributed by atoms with Gasteiger partial charge in [0.25, 0.3) is 0 Å². The van der Waals surface area contributed by atoms with Gasteiger partial charge in [0.15, 0.2) is 0 Å². The minimum Gasteiger partial charge on any atom is -0.325 e. The molecule has 0 bridgehead atoms. The number of nitriles is 1. The van der Waals surface area contributed by atoms with Gasteiger partial charge in [0.1, 0.15) is 17.0 Å². The van der Waals surface area contributed by atoms with Gasteiger partial charge < -0.3 is 16.0 Å². The molecule has 5 rings (SSSR count). The Balaban J connectivity index is 1.73. The number of anilines is 2. The van der Waals surface area contributed by atoms with Gasteiger partial charge in [-0.05, 0) is 65.4 Å². The molecule has 0 radical (unpaired) electrons. The van der Waals surface area contributed by atoms with E-state index in [-0.39, 0.29) is 21.0 Å². The predicted molar refractivity (Wildman–Crippen MR) is 150 cm³/mol. The number of fused-ring (bicyclic) bond motifs is 2. The fourth-order valence-corrected chi connectivity index (χ4v) is 6.36. The molecule has 4 atom stereocenters. The molecule has 2 heterocycles. The number of rotatable bonds is 4. The van der Waals surface area contributed by atoms with Gasteiger partial charge in [-0.1, -0.05) is 56.1 Å². The number of amides is 2. The zero-order chi connectivity index (χ0) is 29.0. The van der Waals surface area contributed by atoms with Crippen molar-refractivity contribution in [1.29, 1.82) is 5.26 Å². The summed E-state index contributed by atoms with van der Waals surface area (Å²) in [5, 5.41) is 17.7. The molecule has 0 saturated carbocycles. The molecule has 40 heavy (non-hydrogen) atoms. The first-order valence-corrected chi connectivity index (χ1v) is 13.4. The van der Waals surface area contributed by atoms with E-state index in [0.717, 1.165) is 0 Å². The number of carbonyl (C=O) groups is 2. The third kappa shape index (κ3) is 4.62. The maximum Gasteiger partial charge on any atom is 0.242 e. The van der Waals surface area contributed by atoms with Gasteiger partial charge in [0.05, 0.1) is 27.7 Å². The maximum absolute atomic E-state index is 15.8. The van der Waals surface area contributed by atoms with E-state index in [2.05, 4.69) is 16.0 Å². The standard InChI is InChI=1S/C30H26Cl2F2N4O2/c1-29(2,3)13-23-30(18-11-21(33)20(32)12-22(18)37-28(30)40)24(17-5-4-6-19(31)25(17)34)26(38-23)27(39)36-16-9-7-15(14-35)8-10-16/h4-12,23-24,26,38H,13H2,1-3H3,(H,36,39)(H,37,40)/t23?,24-,26+,30+/m0/s1. The highest BCUT2D eigenvalue weighted by Crippen LogP contribution is 2.57. The zero-order valence-corrected chi connectivity index (χ0v) is 23.4. The van der Waals surface area contributed by atoms with Crippen LogP contribution in [0.2, 0.25) is 10.0 Å². The molecule has 0 aromatic heterocycles. The van der Waals surface area contributed by atoms with Gasteiger partial charge in [0, 0.05) is 23.3 Å². The van der Waals surface area contributed by atoms with Crippen LogP contribution in [0.4, 0.5) is 20.2 Å². The normalized spacial score (nSPS) is 23.6. The van der Waals surface area contributed by atoms with E-state index in [0.29, 0.717) is 28.9 Å². The number of carbonyl (C=O) groups excluding carboxylic acids is 2. The molecule has 1 fully saturated rings. The summed E-state index contributed by atoms with van der Waals surface area (Å²) in [7, 11) is 0. The van der Waals surface area contributed by atoms with E-state index in [4.69, 9.17) is 28.5 Å². The SMILES string of the molecule is CC(C)(C)CC1N[C@@H](C(=O)Nc2ccc(C#N)cc2)[C@H](c2cccc(Cl)c2F)[C@]12C(=O)Nc1cc(Cl)c(F)cc12. The minimum atomic E-state index is -1.58. The van der Waals surface area contributed by atoms with Crippen molar-refractivity contribution in [2.45, 2.75) is 50.6 Å². The lowest BCUT2D eigenvalue weighted by Gasteiger charge is -2.37. The smallest absolute Gasteiger partial charge is 0.242 e. The van der Waals surface area contributed by atoms with Crippen molar-refractivity contribution >= 4 is 46.4 Å². The largest absolute Gasteiger partial charge is 0.325 e. The first-order chi connectivity index (χ1) is 18.9. The van der Waals surface area contributed by atoms with Crippen LogP contribution < -0.4 is 16.0 Å². The zero-order valence-electron chi connectivity index (χ0n) is 21.9. The van der Waals surface area contributed by atoms with E-state index < -0.39 is 46.9 Å². The molecule has 3 N–H and O–H groups in total. The second-order valence-electron chi connectivity index (χ2n) is 11.4. The monoisotopic (exact) mass is 582 g/mol. The molecule has 3 aromatic carbocycles. The van der Waals surface area contributed by atoms with Crippen LogP contribution in [-0.4, -0.2) is 23.9 Å². The third-order valence-electron chi connectivity index (χ3n) is 7.58. The number of nitrogens with one attached hydrogen (secondary N) is 3. The maximum atomic E-state index is 15.8. The summed E-state index contributed by atoms with van der Waals surface area (Å²) < 4.78 is 30.8. The number of hydrogen-bond donors (Lipinski definition) is 3. The third-order valence-corrected chi connectivity index (χ3v) is 8.16. The topological polar surface area (TPSA) is 94.0 Å². The Morgan fingerprint density at radius 1 is 1.10 bits per heavy atom. The molecular weight excluding hydrogens is 557 g/mol. The van der Waals surface area contributed by atoms with Crippen LogP contribution in [0.15, 0.2) is 54.6 Å². The summed E-state index contributed by atoms with van der Waals surface area (Å²) in [6.07, 6.45) is 0.392. The number of halogens is 4. The van der Waals surface area contributed by atoms with Crippen molar-refractivity contribution in [3.05, 3.63) is 93.0 Å². The van der Waals surface area contributed by atoms with Gasteiger partial charge in [-0.15, -0.1) is 0 Å². The molecule has 1 spiro atoms. The molecule has 6 nitrogen and oxygen atoms in total. The van der Waals surface area contributed by atoms with Gasteiger partial charge in [-0.3, -0.25) is 9.59 Å². The lowest BCUT2D eigenvalue weighted by molar-refractivity contribution is -0.122. The van der Waals surface area contributed by atoms with E-state index in [1.807, 2.05) is 26.8 Å². The Bertz CT molecular complexity index is 1570. The summed E-state index contributed by atoms with van der Waals surface area (Å²) in [6.45, 7) is 5.95. The van der Waals surface area contributed by atoms with E-state index in [9.17, 15) is 14.0 Å². The van der Waals surface area contributed by atoms with Gasteiger partial charge in [-0.25, -0.2) is 8.78 Å². The fourth-order valence-electron chi connectivity index (χ4n) is 6.01. The van der Waals surface area contributed by atoms with Crippen molar-refractivity contribution in [3.63, 3.8) is 0 Å². The second-order valence-corrected chi connectivity index (χ2v) is 12.2. The quantitative estimate of drug-likeness (QED) is 0.326. The molecule has 2 amide bonds. The molecule has 1 unspecified atom stereocenters. The van der Waals surface area contributed by atoms with Crippen molar-refractivity contribution < 1.29 is 18.4 Å². The summed E-state index contributed by atoms with van der Waals surface area (Å²) in [5.74, 6) is -3.64. The van der Waals surface area contributed by atoms with Gasteiger partial charge >= 0.3 is 0 Å². The summed E-state index contributed by atoms with van der Waals surface area (Å²) in [5.41, 5.74) is -0.439. The molecule has 2 aliphatic rings. The second kappa shape index (κ2) is 10.2. The highest BCUT2D eigenvalue weighted by Gasteiger charge is 2.66. The predicted octanol–water partition coefficient (Wildman–Crippen LogP) is 6.53. The lowest BCUT2D eigenvalue weighted by Crippen LogP contribution is -2.49. The summed E-state index contributed by atoms with van der Waals surface area (Å²) >= 11 is 12.3. The van der Waals surface area contributed by atoms with E-state index in [1.165, 1.54) is 24.3 Å². The van der Waals surface area contributed by atoms with Crippen LogP contribution in [0.5, 0.6) is 0 Å². The first kappa shape index (κ1) is 28.0. The van der Waals surface area contributed by atoms with Crippen molar-refractivity contribution in [2.75, 3.05) is 10.6 Å². The first-order valence-electron chi connectivity index (χ1n) is 12.7. The molecule has 206 valence electrons.